The zero-order chi connectivity index (χ0) is 22.1. The lowest BCUT2D eigenvalue weighted by molar-refractivity contribution is -0.119. The Balaban J connectivity index is 2.05. The van der Waals surface area contributed by atoms with Crippen LogP contribution in [0.3, 0.4) is 0 Å². The van der Waals surface area contributed by atoms with Crippen molar-refractivity contribution < 1.29 is 28.5 Å². The van der Waals surface area contributed by atoms with Crippen molar-refractivity contribution in [2.45, 2.75) is 20.0 Å². The van der Waals surface area contributed by atoms with Crippen LogP contribution in [0.25, 0.3) is 0 Å². The van der Waals surface area contributed by atoms with Crippen LogP contribution in [-0.2, 0) is 4.79 Å². The Labute approximate surface area is 174 Å². The number of primary amides is 1. The van der Waals surface area contributed by atoms with Crippen molar-refractivity contribution in [2.75, 3.05) is 20.8 Å². The molecule has 9 nitrogen and oxygen atoms in total. The predicted octanol–water partition coefficient (Wildman–Crippen LogP) is 2.12. The van der Waals surface area contributed by atoms with Crippen LogP contribution in [-0.4, -0.2) is 45.0 Å². The van der Waals surface area contributed by atoms with Crippen LogP contribution in [0.5, 0.6) is 23.0 Å². The second-order valence-corrected chi connectivity index (χ2v) is 6.40. The number of benzene rings is 2. The second kappa shape index (κ2) is 10.7. The first-order chi connectivity index (χ1) is 14.3. The molecule has 30 heavy (non-hydrogen) atoms. The Kier molecular flexibility index (Phi) is 8.04. The first-order valence-electron chi connectivity index (χ1n) is 9.11. The largest absolute Gasteiger partial charge is 0.493 e. The Hall–Kier alpha value is -3.75. The van der Waals surface area contributed by atoms with E-state index in [1.54, 1.807) is 36.4 Å². The summed E-state index contributed by atoms with van der Waals surface area (Å²) in [6.45, 7) is 3.55. The summed E-state index contributed by atoms with van der Waals surface area (Å²) in [5.74, 6) is 0.778. The van der Waals surface area contributed by atoms with Gasteiger partial charge >= 0.3 is 0 Å². The molecule has 160 valence electrons. The maximum absolute atomic E-state index is 12.4. The van der Waals surface area contributed by atoms with Gasteiger partial charge in [-0.05, 0) is 55.8 Å². The van der Waals surface area contributed by atoms with Gasteiger partial charge in [-0.15, -0.1) is 0 Å². The number of amides is 2. The van der Waals surface area contributed by atoms with Crippen molar-refractivity contribution in [3.8, 4) is 23.0 Å². The SMILES string of the molecule is COc1cc(/C=N\NC(=O)c2ccc(OC(C)C)c(OC)c2)ccc1OCC(N)=O. The summed E-state index contributed by atoms with van der Waals surface area (Å²) in [5, 5.41) is 3.96. The van der Waals surface area contributed by atoms with Gasteiger partial charge < -0.3 is 24.7 Å². The number of hydrogen-bond donors (Lipinski definition) is 2. The molecule has 2 amide bonds. The normalized spacial score (nSPS) is 10.7. The molecule has 0 aliphatic carbocycles. The predicted molar refractivity (Wildman–Crippen MR) is 112 cm³/mol. The summed E-state index contributed by atoms with van der Waals surface area (Å²) in [7, 11) is 2.97. The van der Waals surface area contributed by atoms with Crippen LogP contribution in [0.4, 0.5) is 0 Å². The van der Waals surface area contributed by atoms with Crippen LogP contribution in [0.15, 0.2) is 41.5 Å². The number of hydrazone groups is 1. The van der Waals surface area contributed by atoms with Gasteiger partial charge in [0.25, 0.3) is 11.8 Å². The van der Waals surface area contributed by atoms with Gasteiger partial charge in [0, 0.05) is 5.56 Å². The molecule has 0 heterocycles. The fourth-order valence-corrected chi connectivity index (χ4v) is 2.42. The molecular weight excluding hydrogens is 390 g/mol. The van der Waals surface area contributed by atoms with Crippen LogP contribution in [0, 0.1) is 0 Å². The molecule has 0 spiro atoms. The van der Waals surface area contributed by atoms with Gasteiger partial charge in [0.1, 0.15) is 0 Å². The first kappa shape index (κ1) is 22.5. The van der Waals surface area contributed by atoms with E-state index < -0.39 is 11.8 Å². The number of carbonyl (C=O) groups is 2. The number of methoxy groups -OCH3 is 2. The van der Waals surface area contributed by atoms with E-state index in [4.69, 9.17) is 24.7 Å². The second-order valence-electron chi connectivity index (χ2n) is 6.40. The number of carbonyl (C=O) groups excluding carboxylic acids is 2. The molecule has 0 saturated heterocycles. The molecule has 3 N–H and O–H groups in total. The highest BCUT2D eigenvalue weighted by Gasteiger charge is 2.12. The van der Waals surface area contributed by atoms with Gasteiger partial charge in [-0.25, -0.2) is 5.43 Å². The van der Waals surface area contributed by atoms with E-state index in [0.717, 1.165) is 0 Å². The molecule has 0 unspecified atom stereocenters. The lowest BCUT2D eigenvalue weighted by Crippen LogP contribution is -2.20. The molecule has 0 aliphatic heterocycles. The maximum Gasteiger partial charge on any atom is 0.271 e. The summed E-state index contributed by atoms with van der Waals surface area (Å²) in [6, 6.07) is 9.83. The zero-order valence-corrected chi connectivity index (χ0v) is 17.3. The molecule has 9 heteroatoms. The van der Waals surface area contributed by atoms with E-state index in [2.05, 4.69) is 10.5 Å². The summed E-state index contributed by atoms with van der Waals surface area (Å²) < 4.78 is 21.4. The minimum atomic E-state index is -0.592. The molecule has 0 fully saturated rings. The molecule has 2 aromatic rings. The Morgan fingerprint density at radius 3 is 2.33 bits per heavy atom. The van der Waals surface area contributed by atoms with E-state index in [1.807, 2.05) is 13.8 Å². The van der Waals surface area contributed by atoms with E-state index in [0.29, 0.717) is 34.1 Å². The van der Waals surface area contributed by atoms with Crippen molar-refractivity contribution >= 4 is 18.0 Å². The number of nitrogens with two attached hydrogens (primary N) is 1. The van der Waals surface area contributed by atoms with E-state index in [-0.39, 0.29) is 12.7 Å². The number of nitrogens with one attached hydrogen (secondary N) is 1. The topological polar surface area (TPSA) is 121 Å². The lowest BCUT2D eigenvalue weighted by Gasteiger charge is -2.14. The van der Waals surface area contributed by atoms with Crippen molar-refractivity contribution in [3.63, 3.8) is 0 Å². The summed E-state index contributed by atoms with van der Waals surface area (Å²) in [4.78, 5) is 23.2. The molecule has 0 atom stereocenters. The number of nitrogens with zero attached hydrogens (tertiary/aromatic N) is 1. The van der Waals surface area contributed by atoms with E-state index in [9.17, 15) is 9.59 Å². The zero-order valence-electron chi connectivity index (χ0n) is 17.3. The molecular formula is C21H25N3O6. The van der Waals surface area contributed by atoms with Crippen molar-refractivity contribution in [1.82, 2.24) is 5.43 Å². The monoisotopic (exact) mass is 415 g/mol. The maximum atomic E-state index is 12.4. The van der Waals surface area contributed by atoms with E-state index >= 15 is 0 Å². The highest BCUT2D eigenvalue weighted by atomic mass is 16.5. The fraction of sp³-hybridized carbons (Fsp3) is 0.286. The highest BCUT2D eigenvalue weighted by Crippen LogP contribution is 2.29. The molecule has 0 radical (unpaired) electrons. The minimum absolute atomic E-state index is 0.0206. The van der Waals surface area contributed by atoms with Crippen molar-refractivity contribution in [1.29, 1.82) is 0 Å². The third kappa shape index (κ3) is 6.40. The standard InChI is InChI=1S/C21H25N3O6/c1-13(2)30-17-8-6-15(10-19(17)28-4)21(26)24-23-11-14-5-7-16(18(9-14)27-3)29-12-20(22)25/h5-11,13H,12H2,1-4H3,(H2,22,25)(H,24,26)/b23-11-. The molecule has 0 aromatic heterocycles. The van der Waals surface area contributed by atoms with Crippen molar-refractivity contribution in [2.24, 2.45) is 10.8 Å². The molecule has 0 saturated carbocycles. The van der Waals surface area contributed by atoms with Gasteiger partial charge in [-0.1, -0.05) is 0 Å². The first-order valence-corrected chi connectivity index (χ1v) is 9.11. The highest BCUT2D eigenvalue weighted by molar-refractivity contribution is 5.95. The average Bonchev–Trinajstić information content (AvgIpc) is 2.72. The van der Waals surface area contributed by atoms with Gasteiger partial charge in [-0.2, -0.15) is 5.10 Å². The van der Waals surface area contributed by atoms with Gasteiger partial charge in [-0.3, -0.25) is 9.59 Å². The number of hydrogen-bond acceptors (Lipinski definition) is 7. The average molecular weight is 415 g/mol. The molecule has 0 aliphatic rings. The fourth-order valence-electron chi connectivity index (χ4n) is 2.42. The summed E-state index contributed by atoms with van der Waals surface area (Å²) >= 11 is 0. The Morgan fingerprint density at radius 2 is 1.70 bits per heavy atom. The number of ether oxygens (including phenoxy) is 4. The van der Waals surface area contributed by atoms with Gasteiger partial charge in [0.15, 0.2) is 29.6 Å². The Morgan fingerprint density at radius 1 is 1.03 bits per heavy atom. The minimum Gasteiger partial charge on any atom is -0.493 e. The van der Waals surface area contributed by atoms with Crippen LogP contribution >= 0.6 is 0 Å². The van der Waals surface area contributed by atoms with Crippen molar-refractivity contribution in [3.05, 3.63) is 47.5 Å². The summed E-state index contributed by atoms with van der Waals surface area (Å²) in [6.07, 6.45) is 1.43. The quantitative estimate of drug-likeness (QED) is 0.453. The van der Waals surface area contributed by atoms with Gasteiger partial charge in [0.2, 0.25) is 0 Å². The van der Waals surface area contributed by atoms with Crippen LogP contribution in [0.2, 0.25) is 0 Å². The molecule has 2 aromatic carbocycles. The Bertz CT molecular complexity index is 927. The number of rotatable bonds is 10. The van der Waals surface area contributed by atoms with E-state index in [1.165, 1.54) is 20.4 Å². The lowest BCUT2D eigenvalue weighted by atomic mass is 10.2. The van der Waals surface area contributed by atoms with Crippen LogP contribution < -0.4 is 30.1 Å². The smallest absolute Gasteiger partial charge is 0.271 e. The molecule has 2 rings (SSSR count). The third-order valence-corrected chi connectivity index (χ3v) is 3.73. The van der Waals surface area contributed by atoms with Crippen LogP contribution in [0.1, 0.15) is 29.8 Å². The summed E-state index contributed by atoms with van der Waals surface area (Å²) in [5.41, 5.74) is 8.54. The third-order valence-electron chi connectivity index (χ3n) is 3.73. The van der Waals surface area contributed by atoms with Gasteiger partial charge in [0.05, 0.1) is 26.5 Å². The molecule has 0 bridgehead atoms.